The van der Waals surface area contributed by atoms with E-state index < -0.39 is 0 Å². The van der Waals surface area contributed by atoms with Gasteiger partial charge < -0.3 is 4.74 Å². The SMILES string of the molecule is c1ccc([C@@H](CN2CCOCC2)N2CCCC2)cc1. The van der Waals surface area contributed by atoms with E-state index in [1.54, 1.807) is 0 Å². The average molecular weight is 260 g/mol. The molecule has 1 aromatic carbocycles. The quantitative estimate of drug-likeness (QED) is 0.825. The van der Waals surface area contributed by atoms with Crippen molar-refractivity contribution in [2.75, 3.05) is 45.9 Å². The number of morpholine rings is 1. The number of nitrogens with zero attached hydrogens (tertiary/aromatic N) is 2. The summed E-state index contributed by atoms with van der Waals surface area (Å²) in [6.07, 6.45) is 2.71. The second-order valence-electron chi connectivity index (χ2n) is 5.58. The van der Waals surface area contributed by atoms with Crippen molar-refractivity contribution in [3.05, 3.63) is 35.9 Å². The lowest BCUT2D eigenvalue weighted by atomic mass is 10.0. The van der Waals surface area contributed by atoms with E-state index in [1.807, 2.05) is 0 Å². The van der Waals surface area contributed by atoms with Gasteiger partial charge >= 0.3 is 0 Å². The molecular weight excluding hydrogens is 236 g/mol. The molecule has 0 aliphatic carbocycles. The molecule has 1 atom stereocenters. The number of hydrogen-bond acceptors (Lipinski definition) is 3. The highest BCUT2D eigenvalue weighted by Crippen LogP contribution is 2.26. The first-order chi connectivity index (χ1) is 9.43. The van der Waals surface area contributed by atoms with Gasteiger partial charge in [-0.05, 0) is 31.5 Å². The maximum Gasteiger partial charge on any atom is 0.0594 e. The van der Waals surface area contributed by atoms with Crippen LogP contribution in [0.2, 0.25) is 0 Å². The average Bonchev–Trinajstić information content (AvgIpc) is 3.01. The molecule has 3 heteroatoms. The molecule has 0 saturated carbocycles. The fourth-order valence-electron chi connectivity index (χ4n) is 3.19. The Kier molecular flexibility index (Phi) is 4.49. The number of ether oxygens (including phenoxy) is 1. The lowest BCUT2D eigenvalue weighted by molar-refractivity contribution is 0.0245. The van der Waals surface area contributed by atoms with Crippen LogP contribution in [0.4, 0.5) is 0 Å². The predicted molar refractivity (Wildman–Crippen MR) is 77.2 cm³/mol. The smallest absolute Gasteiger partial charge is 0.0594 e. The molecule has 2 aliphatic rings. The first-order valence-electron chi connectivity index (χ1n) is 7.52. The van der Waals surface area contributed by atoms with Crippen molar-refractivity contribution in [2.45, 2.75) is 18.9 Å². The molecular formula is C16H24N2O. The summed E-state index contributed by atoms with van der Waals surface area (Å²) < 4.78 is 5.46. The first-order valence-corrected chi connectivity index (χ1v) is 7.52. The Labute approximate surface area is 116 Å². The normalized spacial score (nSPS) is 23.6. The van der Waals surface area contributed by atoms with Crippen molar-refractivity contribution >= 4 is 0 Å². The van der Waals surface area contributed by atoms with E-state index in [-0.39, 0.29) is 0 Å². The highest BCUT2D eigenvalue weighted by molar-refractivity contribution is 5.19. The maximum atomic E-state index is 5.46. The molecule has 0 bridgehead atoms. The molecule has 2 heterocycles. The largest absolute Gasteiger partial charge is 0.379 e. The third-order valence-electron chi connectivity index (χ3n) is 4.30. The summed E-state index contributed by atoms with van der Waals surface area (Å²) >= 11 is 0. The van der Waals surface area contributed by atoms with Crippen molar-refractivity contribution in [3.63, 3.8) is 0 Å². The van der Waals surface area contributed by atoms with Gasteiger partial charge in [-0.25, -0.2) is 0 Å². The van der Waals surface area contributed by atoms with E-state index in [9.17, 15) is 0 Å². The molecule has 1 aromatic rings. The van der Waals surface area contributed by atoms with Gasteiger partial charge in [0, 0.05) is 25.7 Å². The van der Waals surface area contributed by atoms with E-state index in [0.717, 1.165) is 32.8 Å². The predicted octanol–water partition coefficient (Wildman–Crippen LogP) is 2.16. The summed E-state index contributed by atoms with van der Waals surface area (Å²) in [5, 5.41) is 0. The van der Waals surface area contributed by atoms with Crippen LogP contribution in [0.25, 0.3) is 0 Å². The molecule has 104 valence electrons. The second kappa shape index (κ2) is 6.51. The Balaban J connectivity index is 1.72. The monoisotopic (exact) mass is 260 g/mol. The fraction of sp³-hybridized carbons (Fsp3) is 0.625. The number of benzene rings is 1. The molecule has 0 unspecified atom stereocenters. The third kappa shape index (κ3) is 3.35. The van der Waals surface area contributed by atoms with Crippen molar-refractivity contribution in [1.29, 1.82) is 0 Å². The van der Waals surface area contributed by atoms with Crippen LogP contribution in [-0.2, 0) is 4.74 Å². The van der Waals surface area contributed by atoms with Crippen molar-refractivity contribution in [3.8, 4) is 0 Å². The van der Waals surface area contributed by atoms with Crippen LogP contribution >= 0.6 is 0 Å². The summed E-state index contributed by atoms with van der Waals surface area (Å²) in [7, 11) is 0. The Morgan fingerprint density at radius 1 is 0.947 bits per heavy atom. The Morgan fingerprint density at radius 3 is 2.32 bits per heavy atom. The Hall–Kier alpha value is -0.900. The zero-order valence-electron chi connectivity index (χ0n) is 11.6. The lowest BCUT2D eigenvalue weighted by Gasteiger charge is -2.35. The van der Waals surface area contributed by atoms with E-state index in [4.69, 9.17) is 4.74 Å². The van der Waals surface area contributed by atoms with Gasteiger partial charge in [0.2, 0.25) is 0 Å². The number of hydrogen-bond donors (Lipinski definition) is 0. The molecule has 2 fully saturated rings. The Bertz CT molecular complexity index is 370. The van der Waals surface area contributed by atoms with Gasteiger partial charge in [-0.3, -0.25) is 9.80 Å². The zero-order chi connectivity index (χ0) is 12.9. The number of rotatable bonds is 4. The molecule has 2 aliphatic heterocycles. The van der Waals surface area contributed by atoms with Crippen LogP contribution in [0, 0.1) is 0 Å². The summed E-state index contributed by atoms with van der Waals surface area (Å²) in [6, 6.07) is 11.6. The summed E-state index contributed by atoms with van der Waals surface area (Å²) in [5.74, 6) is 0. The van der Waals surface area contributed by atoms with Crippen LogP contribution in [0.1, 0.15) is 24.4 Å². The highest BCUT2D eigenvalue weighted by atomic mass is 16.5. The van der Waals surface area contributed by atoms with Crippen molar-refractivity contribution < 1.29 is 4.74 Å². The van der Waals surface area contributed by atoms with E-state index in [2.05, 4.69) is 40.1 Å². The van der Waals surface area contributed by atoms with Crippen LogP contribution in [0.3, 0.4) is 0 Å². The number of likely N-dealkylation sites (tertiary alicyclic amines) is 1. The minimum atomic E-state index is 0.557. The van der Waals surface area contributed by atoms with Crippen molar-refractivity contribution in [1.82, 2.24) is 9.80 Å². The molecule has 3 nitrogen and oxygen atoms in total. The molecule has 0 radical (unpaired) electrons. The Morgan fingerprint density at radius 2 is 1.63 bits per heavy atom. The van der Waals surface area contributed by atoms with Gasteiger partial charge in [0.25, 0.3) is 0 Å². The molecule has 0 spiro atoms. The van der Waals surface area contributed by atoms with Crippen LogP contribution in [0.15, 0.2) is 30.3 Å². The zero-order valence-corrected chi connectivity index (χ0v) is 11.6. The van der Waals surface area contributed by atoms with Crippen LogP contribution in [-0.4, -0.2) is 55.7 Å². The standard InChI is InChI=1S/C16H24N2O/c1-2-6-15(7-3-1)16(18-8-4-5-9-18)14-17-10-12-19-13-11-17/h1-3,6-7,16H,4-5,8-14H2/t16-/m1/s1. The van der Waals surface area contributed by atoms with E-state index in [1.165, 1.54) is 31.5 Å². The van der Waals surface area contributed by atoms with Gasteiger partial charge in [0.1, 0.15) is 0 Å². The van der Waals surface area contributed by atoms with Gasteiger partial charge in [-0.15, -0.1) is 0 Å². The summed E-state index contributed by atoms with van der Waals surface area (Å²) in [5.41, 5.74) is 1.47. The molecule has 0 amide bonds. The summed E-state index contributed by atoms with van der Waals surface area (Å²) in [6.45, 7) is 7.60. The van der Waals surface area contributed by atoms with Gasteiger partial charge in [0.15, 0.2) is 0 Å². The minimum Gasteiger partial charge on any atom is -0.379 e. The van der Waals surface area contributed by atoms with Gasteiger partial charge in [-0.2, -0.15) is 0 Å². The summed E-state index contributed by atoms with van der Waals surface area (Å²) in [4.78, 5) is 5.21. The lowest BCUT2D eigenvalue weighted by Crippen LogP contribution is -2.42. The third-order valence-corrected chi connectivity index (χ3v) is 4.30. The van der Waals surface area contributed by atoms with E-state index in [0.29, 0.717) is 6.04 Å². The van der Waals surface area contributed by atoms with Gasteiger partial charge in [0.05, 0.1) is 13.2 Å². The van der Waals surface area contributed by atoms with Crippen LogP contribution < -0.4 is 0 Å². The van der Waals surface area contributed by atoms with E-state index >= 15 is 0 Å². The topological polar surface area (TPSA) is 15.7 Å². The maximum absolute atomic E-state index is 5.46. The van der Waals surface area contributed by atoms with Gasteiger partial charge in [-0.1, -0.05) is 30.3 Å². The molecule has 0 N–H and O–H groups in total. The molecule has 3 rings (SSSR count). The van der Waals surface area contributed by atoms with Crippen LogP contribution in [0.5, 0.6) is 0 Å². The molecule has 2 saturated heterocycles. The highest BCUT2D eigenvalue weighted by Gasteiger charge is 2.25. The first kappa shape index (κ1) is 13.1. The molecule has 19 heavy (non-hydrogen) atoms. The minimum absolute atomic E-state index is 0.557. The fourth-order valence-corrected chi connectivity index (χ4v) is 3.19. The molecule has 0 aromatic heterocycles. The second-order valence-corrected chi connectivity index (χ2v) is 5.58. The van der Waals surface area contributed by atoms with Crippen molar-refractivity contribution in [2.24, 2.45) is 0 Å².